The average Bonchev–Trinajstić information content (AvgIpc) is 3.81. The number of hydrogen-bond acceptors (Lipinski definition) is 3. The zero-order chi connectivity index (χ0) is 33.4. The molecule has 0 saturated heterocycles. The summed E-state index contributed by atoms with van der Waals surface area (Å²) in [6.07, 6.45) is -0.413. The quantitative estimate of drug-likeness (QED) is 0.133. The van der Waals surface area contributed by atoms with Crippen LogP contribution in [0.1, 0.15) is 27.8 Å². The summed E-state index contributed by atoms with van der Waals surface area (Å²) in [6.45, 7) is 0.212. The van der Waals surface area contributed by atoms with Gasteiger partial charge in [-0.15, -0.1) is 0 Å². The van der Waals surface area contributed by atoms with Gasteiger partial charge in [0.2, 0.25) is 0 Å². The van der Waals surface area contributed by atoms with Gasteiger partial charge < -0.3 is 9.15 Å². The van der Waals surface area contributed by atoms with Gasteiger partial charge >= 0.3 is 6.09 Å². The number of furan rings is 1. The molecule has 0 bridgehead atoms. The summed E-state index contributed by atoms with van der Waals surface area (Å²) in [7, 11) is 0. The molecule has 0 radical (unpaired) electrons. The van der Waals surface area contributed by atoms with E-state index in [0.717, 1.165) is 44.3 Å². The number of para-hydroxylation sites is 1. The molecule has 0 saturated carbocycles. The fourth-order valence-corrected chi connectivity index (χ4v) is 8.86. The first-order chi connectivity index (χ1) is 24.6. The van der Waals surface area contributed by atoms with E-state index in [0.29, 0.717) is 0 Å². The topological polar surface area (TPSA) is 42.7 Å². The van der Waals surface area contributed by atoms with Crippen molar-refractivity contribution < 1.29 is 13.9 Å². The van der Waals surface area contributed by atoms with Gasteiger partial charge in [-0.1, -0.05) is 133 Å². The molecule has 5 heteroatoms. The molecule has 0 N–H and O–H groups in total. The summed E-state index contributed by atoms with van der Waals surface area (Å²) in [5, 5.41) is 2.28. The predicted octanol–water partition coefficient (Wildman–Crippen LogP) is 12.1. The molecule has 50 heavy (non-hydrogen) atoms. The molecule has 10 rings (SSSR count). The van der Waals surface area contributed by atoms with Gasteiger partial charge in [-0.05, 0) is 85.5 Å². The predicted molar refractivity (Wildman–Crippen MR) is 209 cm³/mol. The molecule has 2 aliphatic carbocycles. The molecule has 238 valence electrons. The van der Waals surface area contributed by atoms with E-state index in [9.17, 15) is 4.79 Å². The van der Waals surface area contributed by atoms with Crippen LogP contribution in [0.3, 0.4) is 0 Å². The van der Waals surface area contributed by atoms with Gasteiger partial charge in [0.1, 0.15) is 17.8 Å². The van der Waals surface area contributed by atoms with Gasteiger partial charge in [-0.2, -0.15) is 0 Å². The lowest BCUT2D eigenvalue weighted by molar-refractivity contribution is 0.152. The van der Waals surface area contributed by atoms with Gasteiger partial charge in [0.25, 0.3) is 0 Å². The lowest BCUT2D eigenvalue weighted by Crippen LogP contribution is -2.26. The number of carbonyl (C=O) groups excluding carboxylic acids is 1. The molecule has 7 aromatic carbocycles. The number of rotatable bonds is 4. The number of hydrogen-bond donors (Lipinski definition) is 0. The summed E-state index contributed by atoms with van der Waals surface area (Å²) in [4.78, 5) is 13.2. The number of anilines is 1. The molecule has 1 heterocycles. The highest BCUT2D eigenvalue weighted by Crippen LogP contribution is 2.65. The largest absolute Gasteiger partial charge is 0.456 e. The first-order valence-corrected chi connectivity index (χ1v) is 17.7. The van der Waals surface area contributed by atoms with E-state index in [1.165, 1.54) is 44.5 Å². The van der Waals surface area contributed by atoms with Crippen molar-refractivity contribution >= 4 is 56.6 Å². The monoisotopic (exact) mass is 757 g/mol. The maximum absolute atomic E-state index is 13.2. The van der Waals surface area contributed by atoms with Crippen molar-refractivity contribution in [2.24, 2.45) is 0 Å². The van der Waals surface area contributed by atoms with E-state index in [-0.39, 0.29) is 6.61 Å². The standard InChI is InChI=1S/C45H28INO3/c46-47(44(48)49-27-28-12-2-1-3-13-28)30-15-10-14-29(26-30)31-19-11-20-33-32-16-4-7-21-36(32)45(43(31)33)37-22-8-5-17-34(37)41-38(45)24-25-40-42(41)35-18-6-9-23-39(35)50-40/h1-26H,27H2. The van der Waals surface area contributed by atoms with E-state index < -0.39 is 11.5 Å². The maximum atomic E-state index is 13.2. The molecule has 1 amide bonds. The lowest BCUT2D eigenvalue weighted by atomic mass is 9.68. The zero-order valence-electron chi connectivity index (χ0n) is 26.8. The molecular formula is C45H28INO3. The van der Waals surface area contributed by atoms with E-state index >= 15 is 0 Å². The molecule has 1 unspecified atom stereocenters. The third-order valence-electron chi connectivity index (χ3n) is 10.4. The Morgan fingerprint density at radius 1 is 0.620 bits per heavy atom. The fraction of sp³-hybridized carbons (Fsp3) is 0.0444. The van der Waals surface area contributed by atoms with Crippen LogP contribution in [0.4, 0.5) is 10.5 Å². The molecule has 8 aromatic rings. The van der Waals surface area contributed by atoms with Crippen molar-refractivity contribution in [3.63, 3.8) is 0 Å². The maximum Gasteiger partial charge on any atom is 0.423 e. The van der Waals surface area contributed by atoms with Crippen molar-refractivity contribution in [2.45, 2.75) is 12.0 Å². The number of nitrogens with zero attached hydrogens (tertiary/aromatic N) is 1. The van der Waals surface area contributed by atoms with Crippen LogP contribution in [0.25, 0.3) is 55.3 Å². The first kappa shape index (κ1) is 29.3. The number of benzene rings is 7. The molecule has 1 spiro atoms. The van der Waals surface area contributed by atoms with Crippen LogP contribution < -0.4 is 3.11 Å². The Kier molecular flexibility index (Phi) is 6.55. The average molecular weight is 758 g/mol. The molecule has 4 nitrogen and oxygen atoms in total. The summed E-state index contributed by atoms with van der Waals surface area (Å²) in [5.41, 5.74) is 15.1. The number of halogens is 1. The van der Waals surface area contributed by atoms with Gasteiger partial charge in [-0.3, -0.25) is 0 Å². The smallest absolute Gasteiger partial charge is 0.423 e. The summed E-state index contributed by atoms with van der Waals surface area (Å²) in [5.74, 6) is 0. The minimum Gasteiger partial charge on any atom is -0.456 e. The van der Waals surface area contributed by atoms with Crippen LogP contribution in [-0.4, -0.2) is 6.09 Å². The minimum atomic E-state index is -0.560. The van der Waals surface area contributed by atoms with Crippen LogP contribution in [-0.2, 0) is 16.8 Å². The molecule has 1 aromatic heterocycles. The number of amides is 1. The molecule has 2 aliphatic rings. The van der Waals surface area contributed by atoms with E-state index in [2.05, 4.69) is 109 Å². The normalized spacial score (nSPS) is 15.1. The van der Waals surface area contributed by atoms with Gasteiger partial charge in [0, 0.05) is 10.8 Å². The second kappa shape index (κ2) is 11.2. The lowest BCUT2D eigenvalue weighted by Gasteiger charge is -2.32. The van der Waals surface area contributed by atoms with Crippen LogP contribution in [0.15, 0.2) is 162 Å². The van der Waals surface area contributed by atoms with E-state index in [1.807, 2.05) is 71.4 Å². The first-order valence-electron chi connectivity index (χ1n) is 16.7. The zero-order valence-corrected chi connectivity index (χ0v) is 28.9. The molecule has 0 fully saturated rings. The van der Waals surface area contributed by atoms with Gasteiger partial charge in [0.05, 0.1) is 34.0 Å². The Labute approximate surface area is 303 Å². The number of ether oxygens (including phenoxy) is 1. The SMILES string of the molecule is O=C(OCc1ccccc1)N(I)c1cccc(-c2cccc3c2C2(c4ccccc4-3)c3ccccc3-c3c2ccc2oc4ccccc4c32)c1. The molecule has 1 atom stereocenters. The highest BCUT2D eigenvalue weighted by atomic mass is 127. The van der Waals surface area contributed by atoms with Gasteiger partial charge in [0.15, 0.2) is 0 Å². The summed E-state index contributed by atoms with van der Waals surface area (Å²) in [6, 6.07) is 55.1. The van der Waals surface area contributed by atoms with Crippen molar-refractivity contribution in [2.75, 3.05) is 3.11 Å². The highest BCUT2D eigenvalue weighted by molar-refractivity contribution is 14.1. The van der Waals surface area contributed by atoms with Gasteiger partial charge in [-0.25, -0.2) is 7.91 Å². The fourth-order valence-electron chi connectivity index (χ4n) is 8.42. The second-order valence-electron chi connectivity index (χ2n) is 12.9. The van der Waals surface area contributed by atoms with E-state index in [4.69, 9.17) is 9.15 Å². The van der Waals surface area contributed by atoms with Crippen molar-refractivity contribution in [1.29, 1.82) is 0 Å². The highest BCUT2D eigenvalue weighted by Gasteiger charge is 2.53. The Morgan fingerprint density at radius 3 is 2.16 bits per heavy atom. The molecule has 0 aliphatic heterocycles. The van der Waals surface area contributed by atoms with Crippen molar-refractivity contribution in [1.82, 2.24) is 0 Å². The van der Waals surface area contributed by atoms with Crippen LogP contribution >= 0.6 is 22.9 Å². The Balaban J connectivity index is 1.19. The van der Waals surface area contributed by atoms with Crippen LogP contribution in [0, 0.1) is 0 Å². The Morgan fingerprint density at radius 2 is 1.30 bits per heavy atom. The van der Waals surface area contributed by atoms with Crippen molar-refractivity contribution in [3.8, 4) is 33.4 Å². The molecular weight excluding hydrogens is 729 g/mol. The van der Waals surface area contributed by atoms with Crippen LogP contribution in [0.5, 0.6) is 0 Å². The Hall–Kier alpha value is -5.66. The second-order valence-corrected chi connectivity index (χ2v) is 13.9. The Bertz CT molecular complexity index is 2660. The minimum absolute atomic E-state index is 0.212. The third-order valence-corrected chi connectivity index (χ3v) is 11.3. The summed E-state index contributed by atoms with van der Waals surface area (Å²) < 4.78 is 13.7. The summed E-state index contributed by atoms with van der Waals surface area (Å²) >= 11 is 2.05. The van der Waals surface area contributed by atoms with Crippen LogP contribution in [0.2, 0.25) is 0 Å². The number of carbonyl (C=O) groups is 1. The number of fused-ring (bicyclic) bond motifs is 14. The van der Waals surface area contributed by atoms with E-state index in [1.54, 1.807) is 3.11 Å². The van der Waals surface area contributed by atoms with Crippen molar-refractivity contribution in [3.05, 3.63) is 186 Å². The third kappa shape index (κ3) is 4.07.